The van der Waals surface area contributed by atoms with E-state index in [2.05, 4.69) is 28.8 Å². The molecule has 0 bridgehead atoms. The second-order valence-corrected chi connectivity index (χ2v) is 7.87. The lowest BCUT2D eigenvalue weighted by molar-refractivity contribution is -0.116. The Hall–Kier alpha value is -2.54. The number of carbonyl (C=O) groups is 1. The molecule has 1 heterocycles. The zero-order chi connectivity index (χ0) is 18.7. The maximum absolute atomic E-state index is 12.7. The average Bonchev–Trinajstić information content (AvgIpc) is 2.63. The van der Waals surface area contributed by atoms with Crippen LogP contribution < -0.4 is 14.9 Å². The third-order valence-corrected chi connectivity index (χ3v) is 5.91. The van der Waals surface area contributed by atoms with Crippen molar-refractivity contribution in [1.29, 1.82) is 0 Å². The van der Waals surface area contributed by atoms with E-state index >= 15 is 0 Å². The largest absolute Gasteiger partial charge is 0.372 e. The number of rotatable bonds is 6. The standard InChI is InChI=1S/C19H23N3O3S/c1-3-22(4-2)16-8-6-15(7-9-16)21-26(24,25)17-10-11-18-14(13-17)5-12-19(23)20-18/h6-11,13,21H,3-5,12H2,1-2H3,(H,20,23). The number of hydrogen-bond acceptors (Lipinski definition) is 4. The van der Waals surface area contributed by atoms with Gasteiger partial charge in [0.2, 0.25) is 5.91 Å². The lowest BCUT2D eigenvalue weighted by Crippen LogP contribution is -2.21. The van der Waals surface area contributed by atoms with Crippen LogP contribution in [0.2, 0.25) is 0 Å². The Morgan fingerprint density at radius 2 is 1.73 bits per heavy atom. The maximum Gasteiger partial charge on any atom is 0.261 e. The average molecular weight is 373 g/mol. The van der Waals surface area contributed by atoms with Crippen LogP contribution in [0, 0.1) is 0 Å². The lowest BCUT2D eigenvalue weighted by atomic mass is 10.0. The molecule has 2 aromatic rings. The summed E-state index contributed by atoms with van der Waals surface area (Å²) >= 11 is 0. The van der Waals surface area contributed by atoms with Gasteiger partial charge in [-0.2, -0.15) is 0 Å². The summed E-state index contributed by atoms with van der Waals surface area (Å²) in [4.78, 5) is 13.8. The Labute approximate surface area is 154 Å². The third-order valence-electron chi connectivity index (χ3n) is 4.53. The van der Waals surface area contributed by atoms with E-state index in [4.69, 9.17) is 0 Å². The Kier molecular flexibility index (Phi) is 5.18. The van der Waals surface area contributed by atoms with Crippen LogP contribution >= 0.6 is 0 Å². The molecule has 0 saturated heterocycles. The molecule has 2 aromatic carbocycles. The summed E-state index contributed by atoms with van der Waals surface area (Å²) in [5.74, 6) is -0.0421. The predicted octanol–water partition coefficient (Wildman–Crippen LogP) is 3.22. The van der Waals surface area contributed by atoms with Crippen molar-refractivity contribution in [3.05, 3.63) is 48.0 Å². The summed E-state index contributed by atoms with van der Waals surface area (Å²) in [6, 6.07) is 12.1. The van der Waals surface area contributed by atoms with Gasteiger partial charge in [0.1, 0.15) is 0 Å². The monoisotopic (exact) mass is 373 g/mol. The number of hydrogen-bond donors (Lipinski definition) is 2. The molecule has 0 spiro atoms. The molecule has 0 saturated carbocycles. The number of aryl methyl sites for hydroxylation is 1. The van der Waals surface area contributed by atoms with Crippen molar-refractivity contribution in [2.75, 3.05) is 28.0 Å². The molecule has 0 radical (unpaired) electrons. The Morgan fingerprint density at radius 3 is 2.38 bits per heavy atom. The molecule has 2 N–H and O–H groups in total. The van der Waals surface area contributed by atoms with Gasteiger partial charge in [-0.3, -0.25) is 9.52 Å². The molecule has 6 nitrogen and oxygen atoms in total. The molecule has 0 aliphatic carbocycles. The van der Waals surface area contributed by atoms with Gasteiger partial charge in [0.15, 0.2) is 0 Å². The minimum absolute atomic E-state index is 0.0421. The lowest BCUT2D eigenvalue weighted by Gasteiger charge is -2.21. The zero-order valence-electron chi connectivity index (χ0n) is 15.0. The number of nitrogens with zero attached hydrogens (tertiary/aromatic N) is 1. The van der Waals surface area contributed by atoms with Gasteiger partial charge >= 0.3 is 0 Å². The predicted molar refractivity (Wildman–Crippen MR) is 104 cm³/mol. The highest BCUT2D eigenvalue weighted by molar-refractivity contribution is 7.92. The van der Waals surface area contributed by atoms with E-state index in [0.717, 1.165) is 24.3 Å². The SMILES string of the molecule is CCN(CC)c1ccc(NS(=O)(=O)c2ccc3c(c2)CCC(=O)N3)cc1. The van der Waals surface area contributed by atoms with Gasteiger partial charge in [0, 0.05) is 36.6 Å². The summed E-state index contributed by atoms with van der Waals surface area (Å²) in [7, 11) is -3.68. The van der Waals surface area contributed by atoms with Gasteiger partial charge in [-0.05, 0) is 68.3 Å². The van der Waals surface area contributed by atoms with Crippen molar-refractivity contribution in [2.45, 2.75) is 31.6 Å². The highest BCUT2D eigenvalue weighted by Gasteiger charge is 2.20. The molecule has 0 aromatic heterocycles. The summed E-state index contributed by atoms with van der Waals surface area (Å²) < 4.78 is 28.0. The van der Waals surface area contributed by atoms with Gasteiger partial charge in [-0.25, -0.2) is 8.42 Å². The van der Waals surface area contributed by atoms with E-state index in [9.17, 15) is 13.2 Å². The van der Waals surface area contributed by atoms with Crippen molar-refractivity contribution in [3.8, 4) is 0 Å². The summed E-state index contributed by atoms with van der Waals surface area (Å²) in [5.41, 5.74) is 3.10. The molecule has 0 fully saturated rings. The topological polar surface area (TPSA) is 78.5 Å². The van der Waals surface area contributed by atoms with Gasteiger partial charge < -0.3 is 10.2 Å². The second kappa shape index (κ2) is 7.37. The Balaban J connectivity index is 1.80. The molecule has 3 rings (SSSR count). The second-order valence-electron chi connectivity index (χ2n) is 6.19. The van der Waals surface area contributed by atoms with E-state index in [1.807, 2.05) is 12.1 Å². The first kappa shape index (κ1) is 18.3. The fraction of sp³-hybridized carbons (Fsp3) is 0.316. The first-order valence-electron chi connectivity index (χ1n) is 8.73. The molecule has 0 unspecified atom stereocenters. The van der Waals surface area contributed by atoms with E-state index in [1.54, 1.807) is 24.3 Å². The number of anilines is 3. The maximum atomic E-state index is 12.7. The fourth-order valence-electron chi connectivity index (χ4n) is 3.07. The molecular weight excluding hydrogens is 350 g/mol. The van der Waals surface area contributed by atoms with Crippen LogP contribution in [0.5, 0.6) is 0 Å². The number of amides is 1. The number of nitrogens with one attached hydrogen (secondary N) is 2. The van der Waals surface area contributed by atoms with Crippen molar-refractivity contribution >= 4 is 33.0 Å². The van der Waals surface area contributed by atoms with Crippen molar-refractivity contribution < 1.29 is 13.2 Å². The number of benzene rings is 2. The number of sulfonamides is 1. The summed E-state index contributed by atoms with van der Waals surface area (Å²) in [6.45, 7) is 5.96. The van der Waals surface area contributed by atoms with Gasteiger partial charge in [-0.1, -0.05) is 0 Å². The summed E-state index contributed by atoms with van der Waals surface area (Å²) in [6.07, 6.45) is 0.917. The molecular formula is C19H23N3O3S. The zero-order valence-corrected chi connectivity index (χ0v) is 15.8. The van der Waals surface area contributed by atoms with Gasteiger partial charge in [0.05, 0.1) is 4.90 Å². The summed E-state index contributed by atoms with van der Waals surface area (Å²) in [5, 5.41) is 2.76. The minimum Gasteiger partial charge on any atom is -0.372 e. The fourth-order valence-corrected chi connectivity index (χ4v) is 4.18. The van der Waals surface area contributed by atoms with Crippen molar-refractivity contribution in [2.24, 2.45) is 0 Å². The van der Waals surface area contributed by atoms with Crippen LogP contribution in [0.3, 0.4) is 0 Å². The van der Waals surface area contributed by atoms with E-state index in [0.29, 0.717) is 24.2 Å². The van der Waals surface area contributed by atoms with Crippen LogP contribution in [0.15, 0.2) is 47.4 Å². The van der Waals surface area contributed by atoms with Gasteiger partial charge in [0.25, 0.3) is 10.0 Å². The van der Waals surface area contributed by atoms with Crippen LogP contribution in [-0.4, -0.2) is 27.4 Å². The number of carbonyl (C=O) groups excluding carboxylic acids is 1. The third kappa shape index (κ3) is 3.83. The van der Waals surface area contributed by atoms with Crippen molar-refractivity contribution in [3.63, 3.8) is 0 Å². The van der Waals surface area contributed by atoms with Crippen molar-refractivity contribution in [1.82, 2.24) is 0 Å². The highest BCUT2D eigenvalue weighted by Crippen LogP contribution is 2.27. The Morgan fingerprint density at radius 1 is 1.04 bits per heavy atom. The first-order valence-corrected chi connectivity index (χ1v) is 10.2. The van der Waals surface area contributed by atoms with Crippen LogP contribution in [-0.2, 0) is 21.2 Å². The van der Waals surface area contributed by atoms with Gasteiger partial charge in [-0.15, -0.1) is 0 Å². The highest BCUT2D eigenvalue weighted by atomic mass is 32.2. The molecule has 1 aliphatic heterocycles. The molecule has 26 heavy (non-hydrogen) atoms. The molecule has 1 aliphatic rings. The molecule has 7 heteroatoms. The first-order chi connectivity index (χ1) is 12.4. The van der Waals surface area contributed by atoms with Crippen LogP contribution in [0.25, 0.3) is 0 Å². The van der Waals surface area contributed by atoms with E-state index in [1.165, 1.54) is 6.07 Å². The minimum atomic E-state index is -3.68. The van der Waals surface area contributed by atoms with Crippen LogP contribution in [0.4, 0.5) is 17.1 Å². The quantitative estimate of drug-likeness (QED) is 0.815. The Bertz CT molecular complexity index is 904. The van der Waals surface area contributed by atoms with E-state index in [-0.39, 0.29) is 10.8 Å². The van der Waals surface area contributed by atoms with Crippen LogP contribution in [0.1, 0.15) is 25.8 Å². The van der Waals surface area contributed by atoms with E-state index < -0.39 is 10.0 Å². The normalized spacial score (nSPS) is 13.7. The molecule has 138 valence electrons. The number of fused-ring (bicyclic) bond motifs is 1. The smallest absolute Gasteiger partial charge is 0.261 e. The molecule has 1 amide bonds. The molecule has 0 atom stereocenters.